The van der Waals surface area contributed by atoms with Gasteiger partial charge >= 0.3 is 0 Å². The standard InChI is InChI=1S/C17H19ClN2OS/c1-13-3-2-4-14(11-13)17(21)20-9-7-19(8-10-20)12-15-5-6-16(18)22-15/h2-6,11H,7-10,12H2,1H3/p+1. The molecule has 116 valence electrons. The van der Waals surface area contributed by atoms with Gasteiger partial charge in [-0.05, 0) is 31.2 Å². The highest BCUT2D eigenvalue weighted by Crippen LogP contribution is 2.20. The van der Waals surface area contributed by atoms with Gasteiger partial charge in [-0.2, -0.15) is 0 Å². The molecule has 1 aliphatic rings. The van der Waals surface area contributed by atoms with Gasteiger partial charge in [0.25, 0.3) is 5.91 Å². The van der Waals surface area contributed by atoms with Gasteiger partial charge in [-0.3, -0.25) is 4.79 Å². The number of piperazine rings is 1. The minimum absolute atomic E-state index is 0.155. The Bertz CT molecular complexity index is 662. The number of rotatable bonds is 3. The maximum atomic E-state index is 12.5. The molecule has 22 heavy (non-hydrogen) atoms. The molecule has 1 saturated heterocycles. The van der Waals surface area contributed by atoms with Crippen molar-refractivity contribution in [1.29, 1.82) is 0 Å². The lowest BCUT2D eigenvalue weighted by molar-refractivity contribution is -0.917. The van der Waals surface area contributed by atoms with Crippen LogP contribution in [0.4, 0.5) is 0 Å². The third kappa shape index (κ3) is 3.69. The number of carbonyl (C=O) groups excluding carboxylic acids is 1. The van der Waals surface area contributed by atoms with E-state index in [1.807, 2.05) is 42.2 Å². The van der Waals surface area contributed by atoms with Crippen LogP contribution in [0.2, 0.25) is 4.34 Å². The number of hydrogen-bond acceptors (Lipinski definition) is 2. The van der Waals surface area contributed by atoms with Crippen LogP contribution in [0.15, 0.2) is 36.4 Å². The van der Waals surface area contributed by atoms with Crippen LogP contribution in [0.5, 0.6) is 0 Å². The van der Waals surface area contributed by atoms with Gasteiger partial charge in [0.05, 0.1) is 35.4 Å². The van der Waals surface area contributed by atoms with Crippen LogP contribution < -0.4 is 4.90 Å². The maximum absolute atomic E-state index is 12.5. The summed E-state index contributed by atoms with van der Waals surface area (Å²) < 4.78 is 0.850. The Morgan fingerprint density at radius 1 is 1.27 bits per heavy atom. The van der Waals surface area contributed by atoms with Crippen molar-refractivity contribution in [1.82, 2.24) is 4.90 Å². The molecule has 5 heteroatoms. The molecule has 2 heterocycles. The van der Waals surface area contributed by atoms with Crippen molar-refractivity contribution in [3.05, 3.63) is 56.7 Å². The van der Waals surface area contributed by atoms with Crippen molar-refractivity contribution >= 4 is 28.8 Å². The number of hydrogen-bond donors (Lipinski definition) is 1. The minimum Gasteiger partial charge on any atom is -0.328 e. The van der Waals surface area contributed by atoms with Crippen molar-refractivity contribution < 1.29 is 9.69 Å². The zero-order chi connectivity index (χ0) is 15.5. The first-order valence-electron chi connectivity index (χ1n) is 7.55. The second-order valence-electron chi connectivity index (χ2n) is 5.79. The molecule has 1 aliphatic heterocycles. The van der Waals surface area contributed by atoms with Gasteiger partial charge in [0.15, 0.2) is 0 Å². The largest absolute Gasteiger partial charge is 0.328 e. The molecule has 2 aromatic rings. The van der Waals surface area contributed by atoms with Crippen molar-refractivity contribution in [3.63, 3.8) is 0 Å². The van der Waals surface area contributed by atoms with Crippen LogP contribution in [0.1, 0.15) is 20.8 Å². The molecular weight excluding hydrogens is 316 g/mol. The molecule has 0 spiro atoms. The molecule has 3 rings (SSSR count). The fourth-order valence-corrected chi connectivity index (χ4v) is 4.02. The normalized spacial score (nSPS) is 16.0. The lowest BCUT2D eigenvalue weighted by Gasteiger charge is -2.32. The van der Waals surface area contributed by atoms with Gasteiger partial charge in [0.2, 0.25) is 0 Å². The number of nitrogens with one attached hydrogen (secondary N) is 1. The molecule has 3 nitrogen and oxygen atoms in total. The average Bonchev–Trinajstić information content (AvgIpc) is 2.92. The Hall–Kier alpha value is -1.36. The monoisotopic (exact) mass is 335 g/mol. The van der Waals surface area contributed by atoms with Crippen molar-refractivity contribution in [2.45, 2.75) is 13.5 Å². The van der Waals surface area contributed by atoms with Crippen molar-refractivity contribution in [3.8, 4) is 0 Å². The molecule has 0 unspecified atom stereocenters. The van der Waals surface area contributed by atoms with Gasteiger partial charge in [0, 0.05) is 5.56 Å². The maximum Gasteiger partial charge on any atom is 0.254 e. The van der Waals surface area contributed by atoms with Gasteiger partial charge in [-0.25, -0.2) is 0 Å². The SMILES string of the molecule is Cc1cccc(C(=O)N2CC[NH+](Cc3ccc(Cl)s3)CC2)c1. The summed E-state index contributed by atoms with van der Waals surface area (Å²) in [5, 5.41) is 0. The van der Waals surface area contributed by atoms with E-state index < -0.39 is 0 Å². The Morgan fingerprint density at radius 2 is 2.05 bits per heavy atom. The third-order valence-corrected chi connectivity index (χ3v) is 5.31. The zero-order valence-electron chi connectivity index (χ0n) is 12.6. The molecular formula is C17H20ClN2OS+. The summed E-state index contributed by atoms with van der Waals surface area (Å²) in [7, 11) is 0. The molecule has 0 radical (unpaired) electrons. The minimum atomic E-state index is 0.155. The molecule has 1 amide bonds. The molecule has 1 aromatic carbocycles. The highest BCUT2D eigenvalue weighted by molar-refractivity contribution is 7.16. The van der Waals surface area contributed by atoms with E-state index in [-0.39, 0.29) is 5.91 Å². The van der Waals surface area contributed by atoms with Crippen molar-refractivity contribution in [2.24, 2.45) is 0 Å². The van der Waals surface area contributed by atoms with Gasteiger partial charge < -0.3 is 9.80 Å². The van der Waals surface area contributed by atoms with E-state index in [0.717, 1.165) is 48.2 Å². The summed E-state index contributed by atoms with van der Waals surface area (Å²) in [6.07, 6.45) is 0. The number of aryl methyl sites for hydroxylation is 1. The first-order chi connectivity index (χ1) is 10.6. The third-order valence-electron chi connectivity index (χ3n) is 4.08. The van der Waals surface area contributed by atoms with E-state index in [0.29, 0.717) is 0 Å². The fraction of sp³-hybridized carbons (Fsp3) is 0.353. The number of quaternary nitrogens is 1. The van der Waals surface area contributed by atoms with Crippen molar-refractivity contribution in [2.75, 3.05) is 26.2 Å². The molecule has 0 bridgehead atoms. The summed E-state index contributed by atoms with van der Waals surface area (Å²) in [4.78, 5) is 17.3. The number of halogens is 1. The molecule has 1 fully saturated rings. The number of thiophene rings is 1. The van der Waals surface area contributed by atoms with Gasteiger partial charge in [-0.15, -0.1) is 11.3 Å². The number of amides is 1. The van der Waals surface area contributed by atoms with E-state index in [1.165, 1.54) is 9.78 Å². The van der Waals surface area contributed by atoms with Crippen LogP contribution in [0.25, 0.3) is 0 Å². The highest BCUT2D eigenvalue weighted by atomic mass is 35.5. The number of benzene rings is 1. The van der Waals surface area contributed by atoms with Gasteiger partial charge in [-0.1, -0.05) is 29.3 Å². The molecule has 0 aliphatic carbocycles. The molecule has 1 N–H and O–H groups in total. The summed E-state index contributed by atoms with van der Waals surface area (Å²) in [5.41, 5.74) is 1.93. The lowest BCUT2D eigenvalue weighted by atomic mass is 10.1. The summed E-state index contributed by atoms with van der Waals surface area (Å²) >= 11 is 7.63. The summed E-state index contributed by atoms with van der Waals surface area (Å²) in [6.45, 7) is 6.65. The van der Waals surface area contributed by atoms with Crippen LogP contribution in [-0.4, -0.2) is 37.0 Å². The first kappa shape index (κ1) is 15.5. The second-order valence-corrected chi connectivity index (χ2v) is 7.59. The van der Waals surface area contributed by atoms with Gasteiger partial charge in [0.1, 0.15) is 6.54 Å². The quantitative estimate of drug-likeness (QED) is 0.914. The van der Waals surface area contributed by atoms with E-state index in [1.54, 1.807) is 11.3 Å². The lowest BCUT2D eigenvalue weighted by Crippen LogP contribution is -3.13. The number of carbonyl (C=O) groups is 1. The Balaban J connectivity index is 1.56. The van der Waals surface area contributed by atoms with E-state index in [2.05, 4.69) is 6.07 Å². The second kappa shape index (κ2) is 6.82. The van der Waals surface area contributed by atoms with E-state index >= 15 is 0 Å². The van der Waals surface area contributed by atoms with E-state index in [4.69, 9.17) is 11.6 Å². The van der Waals surface area contributed by atoms with Crippen LogP contribution >= 0.6 is 22.9 Å². The Labute approximate surface area is 140 Å². The fourth-order valence-electron chi connectivity index (χ4n) is 2.86. The topological polar surface area (TPSA) is 24.8 Å². The Morgan fingerprint density at radius 3 is 2.68 bits per heavy atom. The molecule has 0 atom stereocenters. The first-order valence-corrected chi connectivity index (χ1v) is 8.75. The average molecular weight is 336 g/mol. The highest BCUT2D eigenvalue weighted by Gasteiger charge is 2.24. The molecule has 1 aromatic heterocycles. The zero-order valence-corrected chi connectivity index (χ0v) is 14.2. The predicted octanol–water partition coefficient (Wildman–Crippen LogP) is 2.25. The van der Waals surface area contributed by atoms with Crippen LogP contribution in [0.3, 0.4) is 0 Å². The van der Waals surface area contributed by atoms with E-state index in [9.17, 15) is 4.79 Å². The smallest absolute Gasteiger partial charge is 0.254 e. The van der Waals surface area contributed by atoms with Crippen LogP contribution in [-0.2, 0) is 6.54 Å². The number of nitrogens with zero attached hydrogens (tertiary/aromatic N) is 1. The van der Waals surface area contributed by atoms with Crippen LogP contribution in [0, 0.1) is 6.92 Å². The molecule has 0 saturated carbocycles. The summed E-state index contributed by atoms with van der Waals surface area (Å²) in [5.74, 6) is 0.155. The Kier molecular flexibility index (Phi) is 4.81. The predicted molar refractivity (Wildman–Crippen MR) is 90.8 cm³/mol. The summed E-state index contributed by atoms with van der Waals surface area (Å²) in [6, 6.07) is 11.9.